The summed E-state index contributed by atoms with van der Waals surface area (Å²) in [7, 11) is 0. The molecule has 1 aromatic heterocycles. The number of aromatic nitrogens is 1. The molecule has 2 aliphatic rings. The summed E-state index contributed by atoms with van der Waals surface area (Å²) < 4.78 is 0. The van der Waals surface area contributed by atoms with Crippen LogP contribution < -0.4 is 0 Å². The standard InChI is InChI=1S/C24H30N2O.C2H4O/c1-18-15-26(16-18)17-19-7-10-23(25-14-19)11-8-22-13-21(9-12-24(22)27)20-5-3-2-4-6-20;1-2-3/h7-14,18,20,27H,2-6,15-17H2,1H3;2-3H,1H2/b11-8+;. The number of likely N-dealkylation sites (tertiary alicyclic amines) is 1. The minimum absolute atomic E-state index is 0.342. The van der Waals surface area contributed by atoms with Crippen molar-refractivity contribution < 1.29 is 10.2 Å². The van der Waals surface area contributed by atoms with E-state index in [2.05, 4.69) is 47.7 Å². The number of pyridine rings is 1. The molecule has 0 bridgehead atoms. The number of rotatable bonds is 5. The van der Waals surface area contributed by atoms with Crippen molar-refractivity contribution in [3.63, 3.8) is 0 Å². The molecule has 4 heteroatoms. The lowest BCUT2D eigenvalue weighted by Gasteiger charge is -2.37. The zero-order chi connectivity index (χ0) is 21.3. The van der Waals surface area contributed by atoms with Gasteiger partial charge in [0.15, 0.2) is 0 Å². The number of aromatic hydroxyl groups is 1. The number of aliphatic hydroxyl groups excluding tert-OH is 1. The summed E-state index contributed by atoms with van der Waals surface area (Å²) >= 11 is 0. The third-order valence-electron chi connectivity index (χ3n) is 5.96. The first kappa shape index (κ1) is 22.1. The van der Waals surface area contributed by atoms with E-state index >= 15 is 0 Å². The quantitative estimate of drug-likeness (QED) is 0.585. The minimum Gasteiger partial charge on any atom is -0.516 e. The molecule has 2 heterocycles. The Morgan fingerprint density at radius 1 is 1.10 bits per heavy atom. The Kier molecular flexibility index (Phi) is 8.09. The number of hydrogen-bond acceptors (Lipinski definition) is 4. The monoisotopic (exact) mass is 406 g/mol. The minimum atomic E-state index is 0.342. The predicted molar refractivity (Wildman–Crippen MR) is 124 cm³/mol. The van der Waals surface area contributed by atoms with Gasteiger partial charge in [-0.15, -0.1) is 0 Å². The van der Waals surface area contributed by atoms with Crippen molar-refractivity contribution in [1.29, 1.82) is 0 Å². The van der Waals surface area contributed by atoms with E-state index in [0.717, 1.165) is 30.0 Å². The van der Waals surface area contributed by atoms with Gasteiger partial charge in [-0.05, 0) is 66.2 Å². The van der Waals surface area contributed by atoms with Crippen molar-refractivity contribution in [1.82, 2.24) is 9.88 Å². The second-order valence-electron chi connectivity index (χ2n) is 8.56. The van der Waals surface area contributed by atoms with Gasteiger partial charge in [-0.25, -0.2) is 0 Å². The number of nitrogens with zero attached hydrogens (tertiary/aromatic N) is 2. The average molecular weight is 407 g/mol. The fourth-order valence-electron chi connectivity index (χ4n) is 4.41. The molecule has 0 spiro atoms. The molecule has 2 aromatic rings. The van der Waals surface area contributed by atoms with Crippen molar-refractivity contribution in [2.24, 2.45) is 5.92 Å². The largest absolute Gasteiger partial charge is 0.516 e. The van der Waals surface area contributed by atoms with Gasteiger partial charge in [0.1, 0.15) is 5.75 Å². The van der Waals surface area contributed by atoms with E-state index in [1.165, 1.54) is 56.3 Å². The van der Waals surface area contributed by atoms with Gasteiger partial charge in [0.25, 0.3) is 0 Å². The van der Waals surface area contributed by atoms with Crippen molar-refractivity contribution in [2.75, 3.05) is 13.1 Å². The Morgan fingerprint density at radius 3 is 2.47 bits per heavy atom. The van der Waals surface area contributed by atoms with Crippen LogP contribution in [0.1, 0.15) is 67.3 Å². The summed E-state index contributed by atoms with van der Waals surface area (Å²) in [5.74, 6) is 1.82. The highest BCUT2D eigenvalue weighted by molar-refractivity contribution is 5.71. The second kappa shape index (κ2) is 11.0. The Morgan fingerprint density at radius 2 is 1.83 bits per heavy atom. The Bertz CT molecular complexity index is 833. The Balaban J connectivity index is 0.000000806. The fourth-order valence-corrected chi connectivity index (χ4v) is 4.41. The van der Waals surface area contributed by atoms with Crippen LogP contribution in [0.5, 0.6) is 5.75 Å². The third-order valence-corrected chi connectivity index (χ3v) is 5.96. The highest BCUT2D eigenvalue weighted by atomic mass is 16.3. The molecule has 0 unspecified atom stereocenters. The molecule has 1 aliphatic carbocycles. The SMILES string of the molecule is C=CO.CC1CN(Cc2ccc(/C=C/c3cc(C4CCCCC4)ccc3O)nc2)C1. The summed E-state index contributed by atoms with van der Waals surface area (Å²) in [5.41, 5.74) is 4.44. The van der Waals surface area contributed by atoms with Gasteiger partial charge in [0.2, 0.25) is 0 Å². The van der Waals surface area contributed by atoms with Crippen LogP contribution in [0.4, 0.5) is 0 Å². The maximum Gasteiger partial charge on any atom is 0.122 e. The molecule has 2 N–H and O–H groups in total. The number of hydrogen-bond donors (Lipinski definition) is 2. The molecule has 1 saturated heterocycles. The van der Waals surface area contributed by atoms with E-state index in [9.17, 15) is 5.11 Å². The number of phenols is 1. The van der Waals surface area contributed by atoms with Gasteiger partial charge in [-0.1, -0.05) is 44.9 Å². The summed E-state index contributed by atoms with van der Waals surface area (Å²) in [6, 6.07) is 10.3. The molecule has 30 heavy (non-hydrogen) atoms. The first-order chi connectivity index (χ1) is 14.6. The van der Waals surface area contributed by atoms with Gasteiger partial charge in [0, 0.05) is 31.4 Å². The van der Waals surface area contributed by atoms with Crippen LogP contribution in [0.25, 0.3) is 12.2 Å². The zero-order valence-corrected chi connectivity index (χ0v) is 18.0. The maximum atomic E-state index is 10.2. The van der Waals surface area contributed by atoms with E-state index in [0.29, 0.717) is 11.7 Å². The topological polar surface area (TPSA) is 56.6 Å². The van der Waals surface area contributed by atoms with Crippen LogP contribution in [0.15, 0.2) is 49.4 Å². The molecule has 0 radical (unpaired) electrons. The van der Waals surface area contributed by atoms with Crippen LogP contribution in [0.2, 0.25) is 0 Å². The normalized spacial score (nSPS) is 17.9. The molecule has 1 aromatic carbocycles. The van der Waals surface area contributed by atoms with Gasteiger partial charge >= 0.3 is 0 Å². The molecule has 2 fully saturated rings. The van der Waals surface area contributed by atoms with Crippen LogP contribution >= 0.6 is 0 Å². The van der Waals surface area contributed by atoms with E-state index in [1.54, 1.807) is 0 Å². The highest BCUT2D eigenvalue weighted by Crippen LogP contribution is 2.34. The molecule has 0 atom stereocenters. The first-order valence-corrected chi connectivity index (χ1v) is 11.0. The average Bonchev–Trinajstić information content (AvgIpc) is 2.74. The van der Waals surface area contributed by atoms with Crippen LogP contribution in [-0.2, 0) is 6.54 Å². The zero-order valence-electron chi connectivity index (χ0n) is 18.0. The summed E-state index contributed by atoms with van der Waals surface area (Å²) in [6.07, 6.45) is 13.3. The van der Waals surface area contributed by atoms with Crippen LogP contribution in [0.3, 0.4) is 0 Å². The third kappa shape index (κ3) is 6.20. The van der Waals surface area contributed by atoms with E-state index < -0.39 is 0 Å². The lowest BCUT2D eigenvalue weighted by atomic mass is 9.83. The second-order valence-corrected chi connectivity index (χ2v) is 8.56. The summed E-state index contributed by atoms with van der Waals surface area (Å²) in [6.45, 7) is 8.59. The van der Waals surface area contributed by atoms with Gasteiger partial charge in [0.05, 0.1) is 12.0 Å². The van der Waals surface area contributed by atoms with Gasteiger partial charge < -0.3 is 10.2 Å². The van der Waals surface area contributed by atoms with Crippen LogP contribution in [0, 0.1) is 5.92 Å². The van der Waals surface area contributed by atoms with E-state index in [-0.39, 0.29) is 0 Å². The van der Waals surface area contributed by atoms with E-state index in [4.69, 9.17) is 5.11 Å². The van der Waals surface area contributed by atoms with Crippen LogP contribution in [-0.4, -0.2) is 33.2 Å². The molecular formula is C26H34N2O2. The molecular weight excluding hydrogens is 372 g/mol. The smallest absolute Gasteiger partial charge is 0.122 e. The molecule has 1 saturated carbocycles. The molecule has 4 nitrogen and oxygen atoms in total. The highest BCUT2D eigenvalue weighted by Gasteiger charge is 2.22. The van der Waals surface area contributed by atoms with Gasteiger partial charge in [-0.2, -0.15) is 0 Å². The maximum absolute atomic E-state index is 10.2. The Labute approximate surface area is 180 Å². The van der Waals surface area contributed by atoms with Gasteiger partial charge in [-0.3, -0.25) is 9.88 Å². The number of benzene rings is 1. The van der Waals surface area contributed by atoms with Crippen molar-refractivity contribution in [3.05, 3.63) is 71.8 Å². The number of aliphatic hydroxyl groups is 1. The predicted octanol–water partition coefficient (Wildman–Crippen LogP) is 6.14. The molecule has 1 aliphatic heterocycles. The van der Waals surface area contributed by atoms with E-state index in [1.807, 2.05) is 24.4 Å². The molecule has 0 amide bonds. The van der Waals surface area contributed by atoms with Crippen molar-refractivity contribution in [2.45, 2.75) is 51.5 Å². The first-order valence-electron chi connectivity index (χ1n) is 11.0. The Hall–Kier alpha value is -2.59. The summed E-state index contributed by atoms with van der Waals surface area (Å²) in [4.78, 5) is 7.02. The molecule has 4 rings (SSSR count). The molecule has 160 valence electrons. The van der Waals surface area contributed by atoms with Crippen molar-refractivity contribution >= 4 is 12.2 Å². The fraction of sp³-hybridized carbons (Fsp3) is 0.423. The van der Waals surface area contributed by atoms with Crippen molar-refractivity contribution in [3.8, 4) is 5.75 Å². The lowest BCUT2D eigenvalue weighted by Crippen LogP contribution is -2.44. The number of phenolic OH excluding ortho intramolecular Hbond substituents is 1. The lowest BCUT2D eigenvalue weighted by molar-refractivity contribution is 0.105. The summed E-state index contributed by atoms with van der Waals surface area (Å²) in [5, 5.41) is 17.6.